The van der Waals surface area contributed by atoms with Gasteiger partial charge in [-0.1, -0.05) is 58.3 Å². The van der Waals surface area contributed by atoms with E-state index < -0.39 is 5.97 Å². The Morgan fingerprint density at radius 1 is 1.00 bits per heavy atom. The molecule has 1 rings (SSSR count). The Hall–Kier alpha value is -0.570. The number of carbonyl (C=O) groups is 1. The lowest BCUT2D eigenvalue weighted by Crippen LogP contribution is -2.24. The summed E-state index contributed by atoms with van der Waals surface area (Å²) in [7, 11) is 0. The highest BCUT2D eigenvalue weighted by atomic mass is 16.5. The van der Waals surface area contributed by atoms with Gasteiger partial charge in [0.15, 0.2) is 0 Å². The maximum absolute atomic E-state index is 10.4. The third-order valence-electron chi connectivity index (χ3n) is 4.45. The van der Waals surface area contributed by atoms with E-state index in [2.05, 4.69) is 6.92 Å². The van der Waals surface area contributed by atoms with Crippen LogP contribution in [0.5, 0.6) is 0 Å². The molecule has 0 saturated heterocycles. The number of aliphatic carboxylic acids is 1. The van der Waals surface area contributed by atoms with Gasteiger partial charge >= 0.3 is 5.97 Å². The van der Waals surface area contributed by atoms with Crippen molar-refractivity contribution in [2.75, 3.05) is 6.61 Å². The fourth-order valence-corrected chi connectivity index (χ4v) is 3.17. The molecule has 0 radical (unpaired) electrons. The van der Waals surface area contributed by atoms with Crippen molar-refractivity contribution >= 4 is 5.97 Å². The molecule has 0 aliphatic heterocycles. The molecular formula is C17H32O3. The molecule has 0 aromatic carbocycles. The molecule has 0 amide bonds. The molecule has 0 atom stereocenters. The average Bonchev–Trinajstić information content (AvgIpc) is 2.45. The third kappa shape index (κ3) is 8.57. The first kappa shape index (κ1) is 17.5. The van der Waals surface area contributed by atoms with E-state index in [0.717, 1.165) is 18.8 Å². The Kier molecular flexibility index (Phi) is 9.73. The van der Waals surface area contributed by atoms with Crippen molar-refractivity contribution in [2.24, 2.45) is 5.92 Å². The van der Waals surface area contributed by atoms with Gasteiger partial charge in [0.1, 0.15) is 6.61 Å². The van der Waals surface area contributed by atoms with Crippen molar-refractivity contribution < 1.29 is 14.6 Å². The van der Waals surface area contributed by atoms with E-state index in [9.17, 15) is 4.79 Å². The summed E-state index contributed by atoms with van der Waals surface area (Å²) in [5, 5.41) is 8.59. The zero-order valence-corrected chi connectivity index (χ0v) is 13.1. The van der Waals surface area contributed by atoms with E-state index in [4.69, 9.17) is 9.84 Å². The smallest absolute Gasteiger partial charge is 0.329 e. The van der Waals surface area contributed by atoms with Crippen molar-refractivity contribution in [1.29, 1.82) is 0 Å². The SMILES string of the molecule is CCCCCCCCCC1CCC(OCC(=O)O)CC1. The maximum Gasteiger partial charge on any atom is 0.329 e. The van der Waals surface area contributed by atoms with Crippen molar-refractivity contribution in [3.63, 3.8) is 0 Å². The molecule has 0 heterocycles. The zero-order valence-electron chi connectivity index (χ0n) is 13.1. The van der Waals surface area contributed by atoms with Crippen LogP contribution >= 0.6 is 0 Å². The Morgan fingerprint density at radius 3 is 2.20 bits per heavy atom. The standard InChI is InChI=1S/C17H32O3/c1-2-3-4-5-6-7-8-9-15-10-12-16(13-11-15)20-14-17(18)19/h15-16H,2-14H2,1H3,(H,18,19). The monoisotopic (exact) mass is 284 g/mol. The predicted molar refractivity (Wildman–Crippen MR) is 81.9 cm³/mol. The van der Waals surface area contributed by atoms with Crippen LogP contribution in [0.2, 0.25) is 0 Å². The number of hydrogen-bond donors (Lipinski definition) is 1. The van der Waals surface area contributed by atoms with Crippen LogP contribution in [0.3, 0.4) is 0 Å². The highest BCUT2D eigenvalue weighted by molar-refractivity contribution is 5.68. The molecule has 1 aliphatic carbocycles. The molecule has 0 aromatic heterocycles. The molecule has 1 fully saturated rings. The van der Waals surface area contributed by atoms with Gasteiger partial charge in [-0.2, -0.15) is 0 Å². The number of ether oxygens (including phenoxy) is 1. The Labute approximate surface area is 124 Å². The summed E-state index contributed by atoms with van der Waals surface area (Å²) in [6, 6.07) is 0. The summed E-state index contributed by atoms with van der Waals surface area (Å²) in [5.74, 6) is 0.00511. The molecule has 3 heteroatoms. The van der Waals surface area contributed by atoms with Crippen LogP contribution in [-0.2, 0) is 9.53 Å². The Bertz CT molecular complexity index is 245. The van der Waals surface area contributed by atoms with Crippen LogP contribution in [0.1, 0.15) is 84.0 Å². The molecule has 118 valence electrons. The van der Waals surface area contributed by atoms with Crippen LogP contribution in [0.4, 0.5) is 0 Å². The van der Waals surface area contributed by atoms with Crippen molar-refractivity contribution in [1.82, 2.24) is 0 Å². The molecule has 3 nitrogen and oxygen atoms in total. The molecule has 1 N–H and O–H groups in total. The Morgan fingerprint density at radius 2 is 1.60 bits per heavy atom. The van der Waals surface area contributed by atoms with Crippen LogP contribution in [0, 0.1) is 5.92 Å². The van der Waals surface area contributed by atoms with Crippen molar-refractivity contribution in [3.8, 4) is 0 Å². The van der Waals surface area contributed by atoms with Gasteiger partial charge in [0.25, 0.3) is 0 Å². The normalized spacial score (nSPS) is 22.9. The molecule has 1 saturated carbocycles. The minimum absolute atomic E-state index is 0.132. The summed E-state index contributed by atoms with van der Waals surface area (Å²) >= 11 is 0. The lowest BCUT2D eigenvalue weighted by Gasteiger charge is -2.28. The number of carboxylic acids is 1. The average molecular weight is 284 g/mol. The zero-order chi connectivity index (χ0) is 14.6. The Balaban J connectivity index is 1.93. The van der Waals surface area contributed by atoms with Crippen LogP contribution in [-0.4, -0.2) is 23.8 Å². The first-order valence-corrected chi connectivity index (χ1v) is 8.55. The third-order valence-corrected chi connectivity index (χ3v) is 4.45. The predicted octanol–water partition coefficient (Wildman–Crippen LogP) is 4.79. The summed E-state index contributed by atoms with van der Waals surface area (Å²) in [5.41, 5.74) is 0. The van der Waals surface area contributed by atoms with Gasteiger partial charge in [0, 0.05) is 0 Å². The van der Waals surface area contributed by atoms with Gasteiger partial charge in [-0.3, -0.25) is 0 Å². The van der Waals surface area contributed by atoms with Crippen molar-refractivity contribution in [3.05, 3.63) is 0 Å². The molecule has 0 spiro atoms. The second-order valence-electron chi connectivity index (χ2n) is 6.26. The van der Waals surface area contributed by atoms with Gasteiger partial charge in [0.05, 0.1) is 6.10 Å². The summed E-state index contributed by atoms with van der Waals surface area (Å²) in [4.78, 5) is 10.4. The van der Waals surface area contributed by atoms with Crippen LogP contribution < -0.4 is 0 Å². The van der Waals surface area contributed by atoms with E-state index >= 15 is 0 Å². The summed E-state index contributed by atoms with van der Waals surface area (Å²) in [6.07, 6.45) is 15.8. The fraction of sp³-hybridized carbons (Fsp3) is 0.941. The van der Waals surface area contributed by atoms with Gasteiger partial charge < -0.3 is 9.84 Å². The van der Waals surface area contributed by atoms with Crippen LogP contribution in [0.25, 0.3) is 0 Å². The lowest BCUT2D eigenvalue weighted by molar-refractivity contribution is -0.145. The summed E-state index contributed by atoms with van der Waals surface area (Å²) < 4.78 is 5.37. The van der Waals surface area contributed by atoms with E-state index in [1.165, 1.54) is 64.2 Å². The van der Waals surface area contributed by atoms with Gasteiger partial charge in [-0.15, -0.1) is 0 Å². The molecule has 20 heavy (non-hydrogen) atoms. The van der Waals surface area contributed by atoms with Crippen molar-refractivity contribution in [2.45, 2.75) is 90.1 Å². The van der Waals surface area contributed by atoms with Crippen LogP contribution in [0.15, 0.2) is 0 Å². The van der Waals surface area contributed by atoms with Gasteiger partial charge in [-0.05, 0) is 31.6 Å². The second kappa shape index (κ2) is 11.1. The largest absolute Gasteiger partial charge is 0.480 e. The minimum Gasteiger partial charge on any atom is -0.480 e. The second-order valence-corrected chi connectivity index (χ2v) is 6.26. The number of unbranched alkanes of at least 4 members (excludes halogenated alkanes) is 6. The number of carboxylic acid groups (broad SMARTS) is 1. The highest BCUT2D eigenvalue weighted by Crippen LogP contribution is 2.30. The quantitative estimate of drug-likeness (QED) is 0.555. The van der Waals surface area contributed by atoms with E-state index in [-0.39, 0.29) is 12.7 Å². The summed E-state index contributed by atoms with van der Waals surface area (Å²) in [6.45, 7) is 2.13. The first-order chi connectivity index (χ1) is 9.72. The first-order valence-electron chi connectivity index (χ1n) is 8.55. The lowest BCUT2D eigenvalue weighted by atomic mass is 9.84. The van der Waals surface area contributed by atoms with Gasteiger partial charge in [-0.25, -0.2) is 4.79 Å². The molecule has 0 aromatic rings. The molecule has 1 aliphatic rings. The highest BCUT2D eigenvalue weighted by Gasteiger charge is 2.21. The van der Waals surface area contributed by atoms with E-state index in [1.807, 2.05) is 0 Å². The minimum atomic E-state index is -0.852. The maximum atomic E-state index is 10.4. The van der Waals surface area contributed by atoms with E-state index in [0.29, 0.717) is 0 Å². The van der Waals surface area contributed by atoms with E-state index in [1.54, 1.807) is 0 Å². The topological polar surface area (TPSA) is 46.5 Å². The fourth-order valence-electron chi connectivity index (χ4n) is 3.17. The number of hydrogen-bond acceptors (Lipinski definition) is 2. The molecular weight excluding hydrogens is 252 g/mol. The van der Waals surface area contributed by atoms with Gasteiger partial charge in [0.2, 0.25) is 0 Å². The molecule has 0 bridgehead atoms. The molecule has 0 unspecified atom stereocenters. The number of rotatable bonds is 11.